The minimum absolute atomic E-state index is 0.154. The number of aromatic hydroxyl groups is 1. The average Bonchev–Trinajstić information content (AvgIpc) is 2.30. The van der Waals surface area contributed by atoms with Crippen LogP contribution in [0.5, 0.6) is 5.75 Å². The van der Waals surface area contributed by atoms with E-state index in [1.54, 1.807) is 19.9 Å². The Hall–Kier alpha value is -1.55. The number of carbonyl (C=O) groups is 1. The van der Waals surface area contributed by atoms with Crippen LogP contribution in [0.4, 0.5) is 0 Å². The predicted octanol–water partition coefficient (Wildman–Crippen LogP) is 2.30. The lowest BCUT2D eigenvalue weighted by atomic mass is 9.99. The van der Waals surface area contributed by atoms with Crippen molar-refractivity contribution in [3.8, 4) is 5.75 Å². The summed E-state index contributed by atoms with van der Waals surface area (Å²) in [6, 6.07) is 5.25. The summed E-state index contributed by atoms with van der Waals surface area (Å²) in [5.74, 6) is -0.109. The van der Waals surface area contributed by atoms with E-state index in [0.717, 1.165) is 11.1 Å². The summed E-state index contributed by atoms with van der Waals surface area (Å²) in [5.41, 5.74) is 1.03. The molecule has 2 N–H and O–H groups in total. The topological polar surface area (TPSA) is 58.6 Å². The van der Waals surface area contributed by atoms with E-state index in [1.807, 2.05) is 26.0 Å². The van der Waals surface area contributed by atoms with Crippen LogP contribution < -0.4 is 5.32 Å². The molecule has 4 heteroatoms. The first-order valence-corrected chi connectivity index (χ1v) is 5.93. The second-order valence-electron chi connectivity index (χ2n) is 5.04. The van der Waals surface area contributed by atoms with Gasteiger partial charge in [-0.1, -0.05) is 17.7 Å². The number of aryl methyl sites for hydroxylation is 1. The van der Waals surface area contributed by atoms with Gasteiger partial charge in [-0.15, -0.1) is 0 Å². The van der Waals surface area contributed by atoms with E-state index in [1.165, 1.54) is 7.11 Å². The first-order chi connectivity index (χ1) is 8.27. The molecule has 0 saturated heterocycles. The Kier molecular flexibility index (Phi) is 4.35. The molecular formula is C14H21NO3. The van der Waals surface area contributed by atoms with Gasteiger partial charge in [0, 0.05) is 11.6 Å². The van der Waals surface area contributed by atoms with E-state index in [-0.39, 0.29) is 17.8 Å². The molecule has 1 unspecified atom stereocenters. The third-order valence-corrected chi connectivity index (χ3v) is 2.92. The van der Waals surface area contributed by atoms with Gasteiger partial charge in [0.05, 0.1) is 7.11 Å². The standard InChI is InChI=1S/C14H21NO3/c1-9-6-7-12(16)11(8-9)10(2)15-14(3,4)13(17)18-5/h6-8,10,15-16H,1-5H3. The van der Waals surface area contributed by atoms with Crippen molar-refractivity contribution in [3.05, 3.63) is 29.3 Å². The molecule has 1 atom stereocenters. The average molecular weight is 251 g/mol. The summed E-state index contributed by atoms with van der Waals surface area (Å²) in [6.45, 7) is 7.37. The zero-order chi connectivity index (χ0) is 13.9. The van der Waals surface area contributed by atoms with Gasteiger partial charge in [0.1, 0.15) is 11.3 Å². The van der Waals surface area contributed by atoms with Crippen LogP contribution in [0.15, 0.2) is 18.2 Å². The second kappa shape index (κ2) is 5.40. The Morgan fingerprint density at radius 1 is 1.44 bits per heavy atom. The number of methoxy groups -OCH3 is 1. The number of esters is 1. The molecule has 0 aliphatic rings. The van der Waals surface area contributed by atoms with Gasteiger partial charge < -0.3 is 9.84 Å². The van der Waals surface area contributed by atoms with Gasteiger partial charge in [-0.3, -0.25) is 10.1 Å². The highest BCUT2D eigenvalue weighted by atomic mass is 16.5. The van der Waals surface area contributed by atoms with E-state index in [0.29, 0.717) is 0 Å². The monoisotopic (exact) mass is 251 g/mol. The van der Waals surface area contributed by atoms with Crippen molar-refractivity contribution in [2.75, 3.05) is 7.11 Å². The lowest BCUT2D eigenvalue weighted by molar-refractivity contribution is -0.147. The maximum atomic E-state index is 11.6. The summed E-state index contributed by atoms with van der Waals surface area (Å²) in [4.78, 5) is 11.6. The minimum Gasteiger partial charge on any atom is -0.508 e. The fraction of sp³-hybridized carbons (Fsp3) is 0.500. The van der Waals surface area contributed by atoms with Crippen LogP contribution in [0.2, 0.25) is 0 Å². The molecule has 0 fully saturated rings. The van der Waals surface area contributed by atoms with Gasteiger partial charge in [-0.25, -0.2) is 0 Å². The third kappa shape index (κ3) is 3.23. The van der Waals surface area contributed by atoms with Crippen molar-refractivity contribution in [1.29, 1.82) is 0 Å². The smallest absolute Gasteiger partial charge is 0.325 e. The van der Waals surface area contributed by atoms with Gasteiger partial charge in [0.25, 0.3) is 0 Å². The van der Waals surface area contributed by atoms with Gasteiger partial charge >= 0.3 is 5.97 Å². The Labute approximate surface area is 108 Å². The molecule has 18 heavy (non-hydrogen) atoms. The molecule has 0 aromatic heterocycles. The molecule has 0 saturated carbocycles. The van der Waals surface area contributed by atoms with E-state index in [9.17, 15) is 9.90 Å². The SMILES string of the molecule is COC(=O)C(C)(C)NC(C)c1cc(C)ccc1O. The number of hydrogen-bond acceptors (Lipinski definition) is 4. The number of carbonyl (C=O) groups excluding carboxylic acids is 1. The summed E-state index contributed by atoms with van der Waals surface area (Å²) in [5, 5.41) is 13.0. The van der Waals surface area contributed by atoms with Crippen LogP contribution in [0, 0.1) is 6.92 Å². The lowest BCUT2D eigenvalue weighted by Gasteiger charge is -2.28. The Morgan fingerprint density at radius 3 is 2.61 bits per heavy atom. The molecule has 0 radical (unpaired) electrons. The molecule has 0 aliphatic carbocycles. The minimum atomic E-state index is -0.801. The number of phenolic OH excluding ortho intramolecular Hbond substituents is 1. The zero-order valence-corrected chi connectivity index (χ0v) is 11.6. The van der Waals surface area contributed by atoms with Crippen molar-refractivity contribution in [2.24, 2.45) is 0 Å². The van der Waals surface area contributed by atoms with Crippen LogP contribution >= 0.6 is 0 Å². The van der Waals surface area contributed by atoms with Gasteiger partial charge in [0.2, 0.25) is 0 Å². The molecule has 0 bridgehead atoms. The fourth-order valence-corrected chi connectivity index (χ4v) is 1.95. The van der Waals surface area contributed by atoms with E-state index < -0.39 is 5.54 Å². The number of hydrogen-bond donors (Lipinski definition) is 2. The fourth-order valence-electron chi connectivity index (χ4n) is 1.95. The van der Waals surface area contributed by atoms with Crippen LogP contribution in [0.3, 0.4) is 0 Å². The number of ether oxygens (including phenoxy) is 1. The number of nitrogens with one attached hydrogen (secondary N) is 1. The molecule has 0 amide bonds. The highest BCUT2D eigenvalue weighted by Gasteiger charge is 2.30. The normalized spacial score (nSPS) is 13.2. The van der Waals surface area contributed by atoms with Gasteiger partial charge in [-0.05, 0) is 33.8 Å². The zero-order valence-electron chi connectivity index (χ0n) is 11.6. The van der Waals surface area contributed by atoms with Crippen molar-refractivity contribution in [1.82, 2.24) is 5.32 Å². The van der Waals surface area contributed by atoms with Crippen molar-refractivity contribution in [3.63, 3.8) is 0 Å². The molecule has 100 valence electrons. The number of benzene rings is 1. The molecule has 0 aliphatic heterocycles. The summed E-state index contributed by atoms with van der Waals surface area (Å²) < 4.78 is 4.74. The van der Waals surface area contributed by atoms with Crippen LogP contribution in [-0.4, -0.2) is 23.7 Å². The first-order valence-electron chi connectivity index (χ1n) is 5.93. The van der Waals surface area contributed by atoms with E-state index >= 15 is 0 Å². The van der Waals surface area contributed by atoms with Gasteiger partial charge in [-0.2, -0.15) is 0 Å². The maximum Gasteiger partial charge on any atom is 0.325 e. The van der Waals surface area contributed by atoms with Crippen molar-refractivity contribution < 1.29 is 14.6 Å². The highest BCUT2D eigenvalue weighted by Crippen LogP contribution is 2.26. The maximum absolute atomic E-state index is 11.6. The summed E-state index contributed by atoms with van der Waals surface area (Å²) in [6.07, 6.45) is 0. The summed E-state index contributed by atoms with van der Waals surface area (Å²) >= 11 is 0. The predicted molar refractivity (Wildman–Crippen MR) is 70.5 cm³/mol. The molecule has 4 nitrogen and oxygen atoms in total. The molecular weight excluding hydrogens is 230 g/mol. The van der Waals surface area contributed by atoms with Crippen LogP contribution in [0.1, 0.15) is 37.9 Å². The van der Waals surface area contributed by atoms with Crippen molar-refractivity contribution >= 4 is 5.97 Å². The highest BCUT2D eigenvalue weighted by molar-refractivity contribution is 5.79. The van der Waals surface area contributed by atoms with Gasteiger partial charge in [0.15, 0.2) is 0 Å². The van der Waals surface area contributed by atoms with Crippen molar-refractivity contribution in [2.45, 2.75) is 39.3 Å². The molecule has 0 heterocycles. The Morgan fingerprint density at radius 2 is 2.06 bits per heavy atom. The Balaban J connectivity index is 2.91. The molecule has 1 aromatic carbocycles. The first kappa shape index (κ1) is 14.5. The number of rotatable bonds is 4. The quantitative estimate of drug-likeness (QED) is 0.806. The lowest BCUT2D eigenvalue weighted by Crippen LogP contribution is -2.48. The largest absolute Gasteiger partial charge is 0.508 e. The Bertz CT molecular complexity index is 441. The molecule has 0 spiro atoms. The van der Waals surface area contributed by atoms with E-state index in [4.69, 9.17) is 4.74 Å². The second-order valence-corrected chi connectivity index (χ2v) is 5.04. The van der Waals surface area contributed by atoms with E-state index in [2.05, 4.69) is 5.32 Å². The number of phenols is 1. The molecule has 1 aromatic rings. The molecule has 1 rings (SSSR count). The third-order valence-electron chi connectivity index (χ3n) is 2.92. The van der Waals surface area contributed by atoms with Crippen LogP contribution in [0.25, 0.3) is 0 Å². The summed E-state index contributed by atoms with van der Waals surface area (Å²) in [7, 11) is 1.36. The van der Waals surface area contributed by atoms with Crippen LogP contribution in [-0.2, 0) is 9.53 Å².